The molecule has 0 aliphatic heterocycles. The van der Waals surface area contributed by atoms with Crippen LogP contribution < -0.4 is 0 Å². The summed E-state index contributed by atoms with van der Waals surface area (Å²) in [5.41, 5.74) is 3.83. The van der Waals surface area contributed by atoms with Crippen molar-refractivity contribution in [3.63, 3.8) is 0 Å². The molecular weight excluding hydrogens is 212 g/mol. The summed E-state index contributed by atoms with van der Waals surface area (Å²) in [5, 5.41) is 20.4. The van der Waals surface area contributed by atoms with Crippen LogP contribution in [0, 0.1) is 0 Å². The molecule has 0 radical (unpaired) electrons. The summed E-state index contributed by atoms with van der Waals surface area (Å²) < 4.78 is 0. The lowest BCUT2D eigenvalue weighted by atomic mass is 9.99. The maximum absolute atomic E-state index is 10.2. The van der Waals surface area contributed by atoms with Crippen LogP contribution in [-0.2, 0) is 6.42 Å². The van der Waals surface area contributed by atoms with Gasteiger partial charge >= 0.3 is 0 Å². The van der Waals surface area contributed by atoms with Crippen LogP contribution in [0.5, 0.6) is 0 Å². The third kappa shape index (κ3) is 1.66. The van der Waals surface area contributed by atoms with E-state index in [9.17, 15) is 10.2 Å². The number of fused-ring (bicyclic) bond motifs is 2. The Labute approximate surface area is 100 Å². The molecule has 2 N–H and O–H groups in total. The maximum atomic E-state index is 10.2. The van der Waals surface area contributed by atoms with E-state index in [2.05, 4.69) is 0 Å². The number of aliphatic hydroxyl groups excluding tert-OH is 2. The first kappa shape index (κ1) is 10.5. The van der Waals surface area contributed by atoms with Crippen LogP contribution in [0.3, 0.4) is 0 Å². The van der Waals surface area contributed by atoms with Gasteiger partial charge in [-0.1, -0.05) is 48.5 Å². The third-order valence-electron chi connectivity index (χ3n) is 3.43. The van der Waals surface area contributed by atoms with Gasteiger partial charge in [0.1, 0.15) is 12.2 Å². The molecule has 2 nitrogen and oxygen atoms in total. The summed E-state index contributed by atoms with van der Waals surface area (Å²) in [4.78, 5) is 0. The molecule has 2 aromatic rings. The Morgan fingerprint density at radius 3 is 1.59 bits per heavy atom. The molecule has 0 fully saturated rings. The minimum Gasteiger partial charge on any atom is -0.385 e. The van der Waals surface area contributed by atoms with Crippen molar-refractivity contribution < 1.29 is 10.2 Å². The first-order valence-corrected chi connectivity index (χ1v) is 5.79. The second kappa shape index (κ2) is 3.99. The van der Waals surface area contributed by atoms with Crippen LogP contribution in [0.4, 0.5) is 0 Å². The van der Waals surface area contributed by atoms with Crippen molar-refractivity contribution in [2.24, 2.45) is 0 Å². The lowest BCUT2D eigenvalue weighted by molar-refractivity contribution is 0.0176. The fourth-order valence-electron chi connectivity index (χ4n) is 2.51. The molecular formula is C15H14O2. The van der Waals surface area contributed by atoms with Gasteiger partial charge in [0.15, 0.2) is 0 Å². The normalized spacial score (nSPS) is 22.5. The van der Waals surface area contributed by atoms with Crippen molar-refractivity contribution in [1.29, 1.82) is 0 Å². The molecule has 0 spiro atoms. The number of benzene rings is 2. The molecule has 17 heavy (non-hydrogen) atoms. The van der Waals surface area contributed by atoms with Crippen LogP contribution in [-0.4, -0.2) is 10.2 Å². The average molecular weight is 226 g/mol. The van der Waals surface area contributed by atoms with Gasteiger partial charge in [0.2, 0.25) is 0 Å². The molecule has 0 heterocycles. The summed E-state index contributed by atoms with van der Waals surface area (Å²) in [6, 6.07) is 15.5. The van der Waals surface area contributed by atoms with Crippen molar-refractivity contribution in [2.45, 2.75) is 18.6 Å². The molecule has 1 aliphatic rings. The van der Waals surface area contributed by atoms with E-state index in [4.69, 9.17) is 0 Å². The van der Waals surface area contributed by atoms with Gasteiger partial charge in [0.25, 0.3) is 0 Å². The first-order chi connectivity index (χ1) is 8.27. The topological polar surface area (TPSA) is 40.5 Å². The van der Waals surface area contributed by atoms with Crippen LogP contribution in [0.15, 0.2) is 48.5 Å². The smallest absolute Gasteiger partial charge is 0.109 e. The van der Waals surface area contributed by atoms with Crippen molar-refractivity contribution in [3.05, 3.63) is 70.8 Å². The van der Waals surface area contributed by atoms with Crippen LogP contribution >= 0.6 is 0 Å². The Kier molecular flexibility index (Phi) is 2.46. The Balaban J connectivity index is 2.20. The number of hydrogen-bond acceptors (Lipinski definition) is 2. The van der Waals surface area contributed by atoms with Crippen molar-refractivity contribution >= 4 is 0 Å². The second-order valence-corrected chi connectivity index (χ2v) is 4.46. The standard InChI is InChI=1S/C15H14O2/c16-14-12-7-3-1-5-10(12)9-11-6-2-4-8-13(11)15(14)17/h1-8,14-17H,9H2/t14-,15-/m0/s1. The van der Waals surface area contributed by atoms with Gasteiger partial charge < -0.3 is 10.2 Å². The molecule has 2 atom stereocenters. The molecule has 2 aromatic carbocycles. The molecule has 0 aromatic heterocycles. The summed E-state index contributed by atoms with van der Waals surface area (Å²) in [6.45, 7) is 0. The molecule has 0 saturated heterocycles. The van der Waals surface area contributed by atoms with Gasteiger partial charge in [0.05, 0.1) is 0 Å². The van der Waals surface area contributed by atoms with Crippen molar-refractivity contribution in [3.8, 4) is 0 Å². The van der Waals surface area contributed by atoms with E-state index < -0.39 is 12.2 Å². The van der Waals surface area contributed by atoms with Gasteiger partial charge in [-0.3, -0.25) is 0 Å². The van der Waals surface area contributed by atoms with Gasteiger partial charge in [-0.15, -0.1) is 0 Å². The van der Waals surface area contributed by atoms with E-state index in [0.717, 1.165) is 28.7 Å². The largest absolute Gasteiger partial charge is 0.385 e. The highest BCUT2D eigenvalue weighted by Crippen LogP contribution is 2.37. The first-order valence-electron chi connectivity index (χ1n) is 5.79. The van der Waals surface area contributed by atoms with Crippen LogP contribution in [0.1, 0.15) is 34.5 Å². The summed E-state index contributed by atoms with van der Waals surface area (Å²) in [5.74, 6) is 0. The Morgan fingerprint density at radius 1 is 0.706 bits per heavy atom. The minimum atomic E-state index is -0.838. The minimum absolute atomic E-state index is 0.764. The average Bonchev–Trinajstić information content (AvgIpc) is 2.48. The van der Waals surface area contributed by atoms with E-state index in [1.165, 1.54) is 0 Å². The van der Waals surface area contributed by atoms with Gasteiger partial charge in [-0.05, 0) is 28.7 Å². The lowest BCUT2D eigenvalue weighted by Gasteiger charge is -2.18. The Bertz CT molecular complexity index is 499. The summed E-state index contributed by atoms with van der Waals surface area (Å²) in [7, 11) is 0. The quantitative estimate of drug-likeness (QED) is 0.724. The highest BCUT2D eigenvalue weighted by atomic mass is 16.3. The van der Waals surface area contributed by atoms with E-state index in [0.29, 0.717) is 0 Å². The second-order valence-electron chi connectivity index (χ2n) is 4.46. The molecule has 0 saturated carbocycles. The lowest BCUT2D eigenvalue weighted by Crippen LogP contribution is -2.10. The number of hydrogen-bond donors (Lipinski definition) is 2. The zero-order valence-corrected chi connectivity index (χ0v) is 9.38. The van der Waals surface area contributed by atoms with Gasteiger partial charge in [-0.25, -0.2) is 0 Å². The third-order valence-corrected chi connectivity index (χ3v) is 3.43. The molecule has 0 bridgehead atoms. The molecule has 1 aliphatic carbocycles. The summed E-state index contributed by atoms with van der Waals surface area (Å²) >= 11 is 0. The van der Waals surface area contributed by atoms with Gasteiger partial charge in [0, 0.05) is 0 Å². The highest BCUT2D eigenvalue weighted by Gasteiger charge is 2.27. The van der Waals surface area contributed by atoms with Crippen LogP contribution in [0.25, 0.3) is 0 Å². The molecule has 2 heteroatoms. The fourth-order valence-corrected chi connectivity index (χ4v) is 2.51. The number of aliphatic hydroxyl groups is 2. The fraction of sp³-hybridized carbons (Fsp3) is 0.200. The van der Waals surface area contributed by atoms with E-state index in [1.807, 2.05) is 48.5 Å². The van der Waals surface area contributed by atoms with E-state index >= 15 is 0 Å². The van der Waals surface area contributed by atoms with E-state index in [-0.39, 0.29) is 0 Å². The number of rotatable bonds is 0. The van der Waals surface area contributed by atoms with Crippen LogP contribution in [0.2, 0.25) is 0 Å². The highest BCUT2D eigenvalue weighted by molar-refractivity contribution is 5.42. The molecule has 0 unspecified atom stereocenters. The Morgan fingerprint density at radius 2 is 1.12 bits per heavy atom. The predicted molar refractivity (Wildman–Crippen MR) is 65.6 cm³/mol. The SMILES string of the molecule is O[C@H]1c2ccccc2Cc2ccccc2[C@@H]1O. The summed E-state index contributed by atoms with van der Waals surface area (Å²) in [6.07, 6.45) is -0.912. The van der Waals surface area contributed by atoms with E-state index in [1.54, 1.807) is 0 Å². The molecule has 3 rings (SSSR count). The van der Waals surface area contributed by atoms with Gasteiger partial charge in [-0.2, -0.15) is 0 Å². The zero-order valence-electron chi connectivity index (χ0n) is 9.38. The molecule has 0 amide bonds. The monoisotopic (exact) mass is 226 g/mol. The van der Waals surface area contributed by atoms with Crippen molar-refractivity contribution in [2.75, 3.05) is 0 Å². The molecule has 86 valence electrons. The van der Waals surface area contributed by atoms with Crippen molar-refractivity contribution in [1.82, 2.24) is 0 Å². The Hall–Kier alpha value is -1.64. The predicted octanol–water partition coefficient (Wildman–Crippen LogP) is 2.36. The maximum Gasteiger partial charge on any atom is 0.109 e. The zero-order chi connectivity index (χ0) is 11.8.